The maximum absolute atomic E-state index is 13.3. The molecule has 0 unspecified atom stereocenters. The molecule has 0 radical (unpaired) electrons. The average Bonchev–Trinajstić information content (AvgIpc) is 2.85. The van der Waals surface area contributed by atoms with Crippen molar-refractivity contribution in [2.45, 2.75) is 19.3 Å². The molecule has 0 bridgehead atoms. The van der Waals surface area contributed by atoms with Gasteiger partial charge >= 0.3 is 0 Å². The first-order chi connectivity index (χ1) is 16.0. The zero-order valence-corrected chi connectivity index (χ0v) is 18.1. The van der Waals surface area contributed by atoms with Crippen LogP contribution in [0.3, 0.4) is 0 Å². The van der Waals surface area contributed by atoms with E-state index in [0.29, 0.717) is 24.6 Å². The number of piperidine rings is 1. The lowest BCUT2D eigenvalue weighted by molar-refractivity contribution is -0.384. The highest BCUT2D eigenvalue weighted by molar-refractivity contribution is 6.09. The van der Waals surface area contributed by atoms with Crippen molar-refractivity contribution >= 4 is 23.2 Å². The van der Waals surface area contributed by atoms with Gasteiger partial charge in [-0.05, 0) is 48.9 Å². The lowest BCUT2D eigenvalue weighted by Gasteiger charge is -2.32. The van der Waals surface area contributed by atoms with Crippen LogP contribution in [0.15, 0.2) is 78.9 Å². The predicted molar refractivity (Wildman–Crippen MR) is 126 cm³/mol. The molecule has 0 atom stereocenters. The first kappa shape index (κ1) is 22.2. The number of carbonyl (C=O) groups excluding carboxylic acids is 2. The fraction of sp³-hybridized carbons (Fsp3) is 0.231. The summed E-state index contributed by atoms with van der Waals surface area (Å²) >= 11 is 0. The van der Waals surface area contributed by atoms with Gasteiger partial charge in [0, 0.05) is 30.8 Å². The van der Waals surface area contributed by atoms with Gasteiger partial charge in [-0.1, -0.05) is 48.5 Å². The van der Waals surface area contributed by atoms with Crippen molar-refractivity contribution in [1.82, 2.24) is 4.90 Å². The van der Waals surface area contributed by atoms with Crippen molar-refractivity contribution in [3.8, 4) is 0 Å². The lowest BCUT2D eigenvalue weighted by atomic mass is 9.90. The van der Waals surface area contributed by atoms with Crippen LogP contribution in [0.5, 0.6) is 0 Å². The first-order valence-corrected chi connectivity index (χ1v) is 11.0. The second-order valence-corrected chi connectivity index (χ2v) is 8.23. The smallest absolute Gasteiger partial charge is 0.271 e. The van der Waals surface area contributed by atoms with Crippen molar-refractivity contribution in [2.75, 3.05) is 18.4 Å². The minimum absolute atomic E-state index is 0.148. The summed E-state index contributed by atoms with van der Waals surface area (Å²) in [5.41, 5.74) is 1.92. The maximum Gasteiger partial charge on any atom is 0.271 e. The summed E-state index contributed by atoms with van der Waals surface area (Å²) in [7, 11) is 0. The standard InChI is InChI=1S/C26H25N3O4/c30-25(21-9-5-2-6-10-21)27-24-18-22(29(32)33)11-12-23(24)26(31)28-15-13-20(14-16-28)17-19-7-3-1-4-8-19/h1-12,18,20H,13-17H2,(H,27,30). The van der Waals surface area contributed by atoms with E-state index in [-0.39, 0.29) is 22.8 Å². The number of carbonyl (C=O) groups is 2. The summed E-state index contributed by atoms with van der Waals surface area (Å²) < 4.78 is 0. The fourth-order valence-electron chi connectivity index (χ4n) is 4.18. The highest BCUT2D eigenvalue weighted by Crippen LogP contribution is 2.28. The number of nitrogens with one attached hydrogen (secondary N) is 1. The molecule has 1 aliphatic rings. The quantitative estimate of drug-likeness (QED) is 0.431. The van der Waals surface area contributed by atoms with Crippen molar-refractivity contribution in [3.63, 3.8) is 0 Å². The molecule has 1 N–H and O–H groups in total. The Morgan fingerprint density at radius 2 is 1.58 bits per heavy atom. The Bertz CT molecular complexity index is 1140. The van der Waals surface area contributed by atoms with Gasteiger partial charge in [0.25, 0.3) is 17.5 Å². The van der Waals surface area contributed by atoms with E-state index in [2.05, 4.69) is 17.4 Å². The van der Waals surface area contributed by atoms with Crippen molar-refractivity contribution < 1.29 is 14.5 Å². The Hall–Kier alpha value is -4.00. The molecule has 2 amide bonds. The molecule has 168 valence electrons. The number of rotatable bonds is 6. The Labute approximate surface area is 192 Å². The normalized spacial score (nSPS) is 14.0. The predicted octanol–water partition coefficient (Wildman–Crippen LogP) is 4.94. The molecule has 1 saturated heterocycles. The van der Waals surface area contributed by atoms with Gasteiger partial charge in [-0.15, -0.1) is 0 Å². The van der Waals surface area contributed by atoms with Gasteiger partial charge in [-0.25, -0.2) is 0 Å². The molecule has 7 heteroatoms. The van der Waals surface area contributed by atoms with Crippen LogP contribution in [-0.2, 0) is 6.42 Å². The maximum atomic E-state index is 13.3. The van der Waals surface area contributed by atoms with E-state index in [1.807, 2.05) is 18.2 Å². The van der Waals surface area contributed by atoms with E-state index in [1.54, 1.807) is 35.2 Å². The molecule has 0 spiro atoms. The average molecular weight is 444 g/mol. The second kappa shape index (κ2) is 10.1. The van der Waals surface area contributed by atoms with Crippen molar-refractivity contribution in [3.05, 3.63) is 106 Å². The Kier molecular flexibility index (Phi) is 6.78. The Morgan fingerprint density at radius 3 is 2.21 bits per heavy atom. The number of non-ortho nitro benzene ring substituents is 1. The Balaban J connectivity index is 1.48. The van der Waals surface area contributed by atoms with Crippen LogP contribution in [0.2, 0.25) is 0 Å². The van der Waals surface area contributed by atoms with Gasteiger partial charge in [0.05, 0.1) is 16.2 Å². The fourth-order valence-corrected chi connectivity index (χ4v) is 4.18. The van der Waals surface area contributed by atoms with Crippen LogP contribution in [0, 0.1) is 16.0 Å². The molecular weight excluding hydrogens is 418 g/mol. The number of likely N-dealkylation sites (tertiary alicyclic amines) is 1. The molecule has 1 aliphatic heterocycles. The number of nitro groups is 1. The molecule has 0 saturated carbocycles. The van der Waals surface area contributed by atoms with Gasteiger partial charge < -0.3 is 10.2 Å². The number of nitrogens with zero attached hydrogens (tertiary/aromatic N) is 2. The highest BCUT2D eigenvalue weighted by atomic mass is 16.6. The summed E-state index contributed by atoms with van der Waals surface area (Å²) in [5, 5.41) is 14.0. The number of anilines is 1. The van der Waals surface area contributed by atoms with E-state index in [0.717, 1.165) is 19.3 Å². The van der Waals surface area contributed by atoms with Gasteiger partial charge in [0.15, 0.2) is 0 Å². The Morgan fingerprint density at radius 1 is 0.939 bits per heavy atom. The summed E-state index contributed by atoms with van der Waals surface area (Å²) in [4.78, 5) is 38.4. The van der Waals surface area contributed by atoms with E-state index in [9.17, 15) is 19.7 Å². The van der Waals surface area contributed by atoms with E-state index < -0.39 is 10.8 Å². The number of hydrogen-bond donors (Lipinski definition) is 1. The molecule has 4 rings (SSSR count). The summed E-state index contributed by atoms with van der Waals surface area (Å²) in [5.74, 6) is -0.149. The van der Waals surface area contributed by atoms with E-state index in [1.165, 1.54) is 23.8 Å². The van der Waals surface area contributed by atoms with E-state index >= 15 is 0 Å². The number of benzene rings is 3. The largest absolute Gasteiger partial charge is 0.339 e. The van der Waals surface area contributed by atoms with Gasteiger partial charge in [-0.3, -0.25) is 19.7 Å². The second-order valence-electron chi connectivity index (χ2n) is 8.23. The minimum atomic E-state index is -0.540. The highest BCUT2D eigenvalue weighted by Gasteiger charge is 2.27. The van der Waals surface area contributed by atoms with Crippen LogP contribution in [0.4, 0.5) is 11.4 Å². The zero-order chi connectivity index (χ0) is 23.2. The topological polar surface area (TPSA) is 92.5 Å². The molecule has 33 heavy (non-hydrogen) atoms. The first-order valence-electron chi connectivity index (χ1n) is 11.0. The van der Waals surface area contributed by atoms with E-state index in [4.69, 9.17) is 0 Å². The molecular formula is C26H25N3O4. The molecule has 0 aromatic heterocycles. The number of amides is 2. The third kappa shape index (κ3) is 5.44. The SMILES string of the molecule is O=C(Nc1cc([N+](=O)[O-])ccc1C(=O)N1CCC(Cc2ccccc2)CC1)c1ccccc1. The lowest BCUT2D eigenvalue weighted by Crippen LogP contribution is -2.39. The van der Waals surface area contributed by atoms with Gasteiger partial charge in [0.2, 0.25) is 0 Å². The minimum Gasteiger partial charge on any atom is -0.339 e. The van der Waals surface area contributed by atoms with Crippen molar-refractivity contribution in [2.24, 2.45) is 5.92 Å². The van der Waals surface area contributed by atoms with Crippen molar-refractivity contribution in [1.29, 1.82) is 0 Å². The van der Waals surface area contributed by atoms with Crippen LogP contribution in [0.1, 0.15) is 39.1 Å². The van der Waals surface area contributed by atoms with Crippen LogP contribution in [-0.4, -0.2) is 34.7 Å². The number of hydrogen-bond acceptors (Lipinski definition) is 4. The molecule has 3 aromatic rings. The summed E-state index contributed by atoms with van der Waals surface area (Å²) in [6.07, 6.45) is 2.76. The van der Waals surface area contributed by atoms with Crippen LogP contribution < -0.4 is 5.32 Å². The zero-order valence-electron chi connectivity index (χ0n) is 18.1. The molecule has 1 fully saturated rings. The summed E-state index contributed by atoms with van der Waals surface area (Å²) in [6, 6.07) is 22.8. The van der Waals surface area contributed by atoms with Gasteiger partial charge in [-0.2, -0.15) is 0 Å². The molecule has 3 aromatic carbocycles. The molecule has 0 aliphatic carbocycles. The number of nitro benzene ring substituents is 1. The monoisotopic (exact) mass is 443 g/mol. The summed E-state index contributed by atoms with van der Waals surface area (Å²) in [6.45, 7) is 1.22. The van der Waals surface area contributed by atoms with Gasteiger partial charge in [0.1, 0.15) is 0 Å². The van der Waals surface area contributed by atoms with Crippen LogP contribution in [0.25, 0.3) is 0 Å². The third-order valence-electron chi connectivity index (χ3n) is 6.00. The molecule has 1 heterocycles. The molecule has 7 nitrogen and oxygen atoms in total. The third-order valence-corrected chi connectivity index (χ3v) is 6.00. The van der Waals surface area contributed by atoms with Crippen LogP contribution >= 0.6 is 0 Å².